The summed E-state index contributed by atoms with van der Waals surface area (Å²) in [5.41, 5.74) is 3.26. The van der Waals surface area contributed by atoms with Gasteiger partial charge in [0.2, 0.25) is 0 Å². The van der Waals surface area contributed by atoms with Crippen LogP contribution in [-0.4, -0.2) is 4.98 Å². The predicted molar refractivity (Wildman–Crippen MR) is 77.5 cm³/mol. The number of aromatic nitrogens is 1. The Bertz CT molecular complexity index is 523. The molecular formula is C15H16BrNO. The molecule has 0 saturated heterocycles. The van der Waals surface area contributed by atoms with Crippen molar-refractivity contribution in [2.24, 2.45) is 0 Å². The van der Waals surface area contributed by atoms with Gasteiger partial charge in [0.25, 0.3) is 0 Å². The van der Waals surface area contributed by atoms with Gasteiger partial charge in [0.1, 0.15) is 11.5 Å². The minimum absolute atomic E-state index is 0.842. The molecule has 2 nitrogen and oxygen atoms in total. The second kappa shape index (κ2) is 6.01. The third kappa shape index (κ3) is 3.10. The van der Waals surface area contributed by atoms with Gasteiger partial charge in [0.15, 0.2) is 0 Å². The Morgan fingerprint density at radius 1 is 1.11 bits per heavy atom. The largest absolute Gasteiger partial charge is 0.455 e. The van der Waals surface area contributed by atoms with E-state index in [1.54, 1.807) is 0 Å². The van der Waals surface area contributed by atoms with E-state index in [2.05, 4.69) is 40.0 Å². The number of ether oxygens (including phenoxy) is 1. The zero-order valence-electron chi connectivity index (χ0n) is 10.6. The molecule has 0 aliphatic heterocycles. The molecule has 0 radical (unpaired) electrons. The van der Waals surface area contributed by atoms with Gasteiger partial charge in [-0.05, 0) is 43.2 Å². The summed E-state index contributed by atoms with van der Waals surface area (Å²) in [5.74, 6) is 1.69. The van der Waals surface area contributed by atoms with Gasteiger partial charge in [-0.25, -0.2) is 0 Å². The van der Waals surface area contributed by atoms with Crippen LogP contribution in [0.5, 0.6) is 11.5 Å². The normalized spacial score (nSPS) is 10.4. The fourth-order valence-electron chi connectivity index (χ4n) is 1.72. The fraction of sp³-hybridized carbons (Fsp3) is 0.267. The molecule has 0 spiro atoms. The lowest BCUT2D eigenvalue weighted by Crippen LogP contribution is -1.95. The summed E-state index contributed by atoms with van der Waals surface area (Å²) in [4.78, 5) is 4.49. The maximum atomic E-state index is 5.88. The van der Waals surface area contributed by atoms with Gasteiger partial charge >= 0.3 is 0 Å². The molecule has 0 N–H and O–H groups in total. The Labute approximate surface area is 116 Å². The highest BCUT2D eigenvalue weighted by Gasteiger charge is 2.05. The Morgan fingerprint density at radius 2 is 1.83 bits per heavy atom. The lowest BCUT2D eigenvalue weighted by Gasteiger charge is -2.10. The lowest BCUT2D eigenvalue weighted by molar-refractivity contribution is 0.472. The quantitative estimate of drug-likeness (QED) is 0.768. The Morgan fingerprint density at radius 3 is 2.44 bits per heavy atom. The molecule has 1 aromatic carbocycles. The van der Waals surface area contributed by atoms with Crippen molar-refractivity contribution in [3.8, 4) is 11.5 Å². The fourth-order valence-corrected chi connectivity index (χ4v) is 2.09. The molecule has 2 rings (SSSR count). The first-order valence-corrected chi connectivity index (χ1v) is 7.14. The van der Waals surface area contributed by atoms with E-state index >= 15 is 0 Å². The minimum Gasteiger partial charge on any atom is -0.455 e. The molecule has 18 heavy (non-hydrogen) atoms. The van der Waals surface area contributed by atoms with Crippen LogP contribution >= 0.6 is 15.9 Å². The van der Waals surface area contributed by atoms with Crippen molar-refractivity contribution in [2.75, 3.05) is 0 Å². The molecule has 0 bridgehead atoms. The molecular weight excluding hydrogens is 290 g/mol. The summed E-state index contributed by atoms with van der Waals surface area (Å²) in [6, 6.07) is 12.0. The van der Waals surface area contributed by atoms with Crippen LogP contribution in [0.4, 0.5) is 0 Å². The average molecular weight is 306 g/mol. The monoisotopic (exact) mass is 305 g/mol. The van der Waals surface area contributed by atoms with E-state index in [-0.39, 0.29) is 0 Å². The van der Waals surface area contributed by atoms with E-state index in [9.17, 15) is 0 Å². The van der Waals surface area contributed by atoms with Gasteiger partial charge in [-0.2, -0.15) is 0 Å². The summed E-state index contributed by atoms with van der Waals surface area (Å²) in [6.07, 6.45) is 0.872. The molecule has 0 unspecified atom stereocenters. The molecule has 0 amide bonds. The van der Waals surface area contributed by atoms with E-state index in [1.807, 2.05) is 31.2 Å². The standard InChI is InChI=1S/C15H16BrNO/c1-3-14-15(9-4-11(2)17-14)18-13-7-5-12(10-16)6-8-13/h4-9H,3,10H2,1-2H3. The number of rotatable bonds is 4. The first-order valence-electron chi connectivity index (χ1n) is 6.02. The van der Waals surface area contributed by atoms with Crippen molar-refractivity contribution in [3.05, 3.63) is 53.3 Å². The van der Waals surface area contributed by atoms with Crippen LogP contribution in [-0.2, 0) is 11.8 Å². The van der Waals surface area contributed by atoms with Gasteiger partial charge in [-0.3, -0.25) is 4.98 Å². The van der Waals surface area contributed by atoms with Crippen molar-refractivity contribution in [2.45, 2.75) is 25.6 Å². The van der Waals surface area contributed by atoms with Gasteiger partial charge in [-0.15, -0.1) is 0 Å². The molecule has 0 fully saturated rings. The molecule has 0 aliphatic carbocycles. The Kier molecular flexibility index (Phi) is 4.37. The van der Waals surface area contributed by atoms with Crippen molar-refractivity contribution in [1.82, 2.24) is 4.98 Å². The van der Waals surface area contributed by atoms with E-state index in [1.165, 1.54) is 5.56 Å². The van der Waals surface area contributed by atoms with Gasteiger partial charge < -0.3 is 4.74 Å². The Hall–Kier alpha value is -1.35. The highest BCUT2D eigenvalue weighted by atomic mass is 79.9. The van der Waals surface area contributed by atoms with E-state index in [0.717, 1.165) is 34.6 Å². The summed E-state index contributed by atoms with van der Waals surface area (Å²) >= 11 is 3.43. The number of hydrogen-bond donors (Lipinski definition) is 0. The molecule has 0 aliphatic rings. The second-order valence-electron chi connectivity index (χ2n) is 4.13. The van der Waals surface area contributed by atoms with Crippen molar-refractivity contribution >= 4 is 15.9 Å². The number of benzene rings is 1. The van der Waals surface area contributed by atoms with Crippen molar-refractivity contribution in [3.63, 3.8) is 0 Å². The van der Waals surface area contributed by atoms with Crippen LogP contribution < -0.4 is 4.74 Å². The highest BCUT2D eigenvalue weighted by Crippen LogP contribution is 2.25. The van der Waals surface area contributed by atoms with Gasteiger partial charge in [0.05, 0.1) is 5.69 Å². The van der Waals surface area contributed by atoms with Crippen molar-refractivity contribution in [1.29, 1.82) is 0 Å². The Balaban J connectivity index is 2.22. The van der Waals surface area contributed by atoms with E-state index in [0.29, 0.717) is 0 Å². The smallest absolute Gasteiger partial charge is 0.148 e. The van der Waals surface area contributed by atoms with E-state index in [4.69, 9.17) is 4.74 Å². The van der Waals surface area contributed by atoms with Crippen LogP contribution in [0.1, 0.15) is 23.9 Å². The maximum Gasteiger partial charge on any atom is 0.148 e. The third-order valence-corrected chi connectivity index (χ3v) is 3.36. The number of halogens is 1. The van der Waals surface area contributed by atoms with Gasteiger partial charge in [-0.1, -0.05) is 35.0 Å². The molecule has 1 aromatic heterocycles. The van der Waals surface area contributed by atoms with Crippen LogP contribution in [0.2, 0.25) is 0 Å². The minimum atomic E-state index is 0.842. The molecule has 0 saturated carbocycles. The third-order valence-electron chi connectivity index (χ3n) is 2.71. The summed E-state index contributed by atoms with van der Waals surface area (Å²) < 4.78 is 5.88. The zero-order valence-corrected chi connectivity index (χ0v) is 12.2. The number of alkyl halides is 1. The molecule has 3 heteroatoms. The zero-order chi connectivity index (χ0) is 13.0. The average Bonchev–Trinajstić information content (AvgIpc) is 2.41. The van der Waals surface area contributed by atoms with Crippen molar-refractivity contribution < 1.29 is 4.74 Å². The number of nitrogens with zero attached hydrogens (tertiary/aromatic N) is 1. The van der Waals surface area contributed by atoms with Crippen LogP contribution in [0.25, 0.3) is 0 Å². The molecule has 94 valence electrons. The number of aryl methyl sites for hydroxylation is 2. The van der Waals surface area contributed by atoms with Crippen LogP contribution in [0.15, 0.2) is 36.4 Å². The topological polar surface area (TPSA) is 22.1 Å². The van der Waals surface area contributed by atoms with E-state index < -0.39 is 0 Å². The summed E-state index contributed by atoms with van der Waals surface area (Å²) in [5, 5.41) is 0.861. The first-order chi connectivity index (χ1) is 8.72. The lowest BCUT2D eigenvalue weighted by atomic mass is 10.2. The van der Waals surface area contributed by atoms with Crippen LogP contribution in [0, 0.1) is 6.92 Å². The summed E-state index contributed by atoms with van der Waals surface area (Å²) in [6.45, 7) is 4.08. The highest BCUT2D eigenvalue weighted by molar-refractivity contribution is 9.08. The predicted octanol–water partition coefficient (Wildman–Crippen LogP) is 4.64. The van der Waals surface area contributed by atoms with Gasteiger partial charge in [0, 0.05) is 11.0 Å². The maximum absolute atomic E-state index is 5.88. The molecule has 2 aromatic rings. The first kappa shape index (κ1) is 13.1. The number of hydrogen-bond acceptors (Lipinski definition) is 2. The summed E-state index contributed by atoms with van der Waals surface area (Å²) in [7, 11) is 0. The number of pyridine rings is 1. The molecule has 1 heterocycles. The SMILES string of the molecule is CCc1nc(C)ccc1Oc1ccc(CBr)cc1. The second-order valence-corrected chi connectivity index (χ2v) is 4.69. The van der Waals surface area contributed by atoms with Crippen LogP contribution in [0.3, 0.4) is 0 Å². The molecule has 0 atom stereocenters.